The zero-order valence-corrected chi connectivity index (χ0v) is 50.4. The van der Waals surface area contributed by atoms with Gasteiger partial charge in [-0.05, 0) is 159 Å². The number of ether oxygens (including phenoxy) is 8. The molecule has 0 aliphatic heterocycles. The molecule has 0 aliphatic rings. The number of hydrogen-bond acceptors (Lipinski definition) is 18. The van der Waals surface area contributed by atoms with Crippen LogP contribution in [-0.4, -0.2) is 101 Å². The number of carbonyl (C=O) groups is 8. The first-order chi connectivity index (χ1) is 42.2. The van der Waals surface area contributed by atoms with Crippen molar-refractivity contribution in [1.29, 1.82) is 0 Å². The highest BCUT2D eigenvalue weighted by atomic mass is 16.6. The highest BCUT2D eigenvalue weighted by Crippen LogP contribution is 2.39. The van der Waals surface area contributed by atoms with E-state index >= 15 is 0 Å². The van der Waals surface area contributed by atoms with Crippen molar-refractivity contribution in [3.63, 3.8) is 0 Å². The fourth-order valence-electron chi connectivity index (χ4n) is 8.75. The molecule has 0 saturated heterocycles. The van der Waals surface area contributed by atoms with Gasteiger partial charge in [-0.25, -0.2) is 19.2 Å². The molecule has 0 saturated carbocycles. The Hall–Kier alpha value is -10.4. The Morgan fingerprint density at radius 3 is 0.807 bits per heavy atom. The van der Waals surface area contributed by atoms with Crippen LogP contribution >= 0.6 is 0 Å². The molecule has 88 heavy (non-hydrogen) atoms. The van der Waals surface area contributed by atoms with E-state index in [4.69, 9.17) is 37.9 Å². The fraction of sp³-hybridized carbons (Fsp3) is 0.257. The summed E-state index contributed by atoms with van der Waals surface area (Å²) >= 11 is 0. The third-order valence-corrected chi connectivity index (χ3v) is 13.4. The average molecular weight is 1200 g/mol. The number of hydrogen-bond donors (Lipinski definition) is 0. The molecule has 0 amide bonds. The molecule has 458 valence electrons. The molecule has 0 fully saturated rings. The van der Waals surface area contributed by atoms with Gasteiger partial charge in [-0.1, -0.05) is 87.0 Å². The molecule has 0 unspecified atom stereocenters. The van der Waals surface area contributed by atoms with Gasteiger partial charge < -0.3 is 47.7 Å². The summed E-state index contributed by atoms with van der Waals surface area (Å²) in [4.78, 5) is 104. The van der Waals surface area contributed by atoms with Crippen LogP contribution in [0.1, 0.15) is 61.1 Å². The van der Waals surface area contributed by atoms with Gasteiger partial charge in [0.25, 0.3) is 0 Å². The first-order valence-electron chi connectivity index (χ1n) is 28.4. The second kappa shape index (κ2) is 32.8. The van der Waals surface area contributed by atoms with E-state index in [2.05, 4.69) is 26.3 Å². The van der Waals surface area contributed by atoms with E-state index in [1.165, 1.54) is 0 Å². The summed E-state index contributed by atoms with van der Waals surface area (Å²) in [5, 5.41) is 0. The second-order valence-electron chi connectivity index (χ2n) is 20.0. The maximum Gasteiger partial charge on any atom is 0.336 e. The summed E-state index contributed by atoms with van der Waals surface area (Å²) in [5.74, 6) is -4.74. The summed E-state index contributed by atoms with van der Waals surface area (Å²) in [6, 6.07) is 42.1. The summed E-state index contributed by atoms with van der Waals surface area (Å²) in [7, 11) is 0. The van der Waals surface area contributed by atoms with Crippen LogP contribution in [0.15, 0.2) is 182 Å². The molecule has 6 rings (SSSR count). The smallest absolute Gasteiger partial charge is 0.336 e. The van der Waals surface area contributed by atoms with Gasteiger partial charge >= 0.3 is 47.8 Å². The lowest BCUT2D eigenvalue weighted by Crippen LogP contribution is -2.16. The van der Waals surface area contributed by atoms with E-state index in [9.17, 15) is 38.4 Å². The molecular formula is C70H72N2O16. The Kier molecular flexibility index (Phi) is 24.9. The van der Waals surface area contributed by atoms with Crippen LogP contribution in [0.2, 0.25) is 0 Å². The minimum Gasteiger partial charge on any atom is -0.463 e. The summed E-state index contributed by atoms with van der Waals surface area (Å²) in [6.07, 6.45) is -0.244. The van der Waals surface area contributed by atoms with Crippen molar-refractivity contribution >= 4 is 81.9 Å². The second-order valence-corrected chi connectivity index (χ2v) is 20.0. The minimum absolute atomic E-state index is 0.0266. The highest BCUT2D eigenvalue weighted by molar-refractivity contribution is 5.91. The van der Waals surface area contributed by atoms with E-state index in [0.717, 1.165) is 56.4 Å². The van der Waals surface area contributed by atoms with Crippen LogP contribution in [-0.2, 0) is 102 Å². The van der Waals surface area contributed by atoms with Crippen LogP contribution in [0.4, 0.5) is 34.1 Å². The normalized spacial score (nSPS) is 10.6. The van der Waals surface area contributed by atoms with E-state index in [-0.39, 0.29) is 101 Å². The van der Waals surface area contributed by atoms with Gasteiger partial charge in [-0.15, -0.1) is 0 Å². The molecule has 0 bridgehead atoms. The minimum atomic E-state index is -0.637. The van der Waals surface area contributed by atoms with E-state index < -0.39 is 47.8 Å². The molecule has 0 spiro atoms. The number of carbonyl (C=O) groups excluding carboxylic acids is 8. The summed E-state index contributed by atoms with van der Waals surface area (Å²) < 4.78 is 41.1. The zero-order chi connectivity index (χ0) is 63.9. The topological polar surface area (TPSA) is 217 Å². The number of benzene rings is 6. The number of nitrogens with zero attached hydrogens (tertiary/aromatic N) is 2. The van der Waals surface area contributed by atoms with Gasteiger partial charge in [0.1, 0.15) is 26.4 Å². The maximum atomic E-state index is 13.0. The first kappa shape index (κ1) is 66.8. The van der Waals surface area contributed by atoms with Crippen molar-refractivity contribution in [3.05, 3.63) is 215 Å². The predicted octanol–water partition coefficient (Wildman–Crippen LogP) is 11.7. The number of aryl methyl sites for hydroxylation is 2. The monoisotopic (exact) mass is 1200 g/mol. The summed E-state index contributed by atoms with van der Waals surface area (Å²) in [6.45, 7) is 24.5. The standard InChI is InChI=1S/C70H72N2O16/c1-11-81-67(77)47(7)41-85-63(73)37-51-15-25-57(26-16-51)71(61-33-23-55(45(5)35-61)39-65(75)87-43-49(9)69(79)83-13-3)59-29-19-53(20-30-59)54-21-31-60(32-22-54)72(58-27-17-52(18-28-58)38-64(74)86-42-48(8)68(78)82-12-2)62-34-24-56(46(6)36-62)40-66(76)88-44-50(10)70(80)84-14-4/h15-36H,7-14,37-44H2,1-6H3. The molecular weight excluding hydrogens is 1120 g/mol. The van der Waals surface area contributed by atoms with Gasteiger partial charge in [-0.2, -0.15) is 0 Å². The largest absolute Gasteiger partial charge is 0.463 e. The van der Waals surface area contributed by atoms with Crippen LogP contribution in [0.25, 0.3) is 11.1 Å². The van der Waals surface area contributed by atoms with Crippen molar-refractivity contribution in [2.45, 2.75) is 67.2 Å². The number of rotatable bonds is 31. The van der Waals surface area contributed by atoms with Gasteiger partial charge in [0, 0.05) is 34.1 Å². The molecule has 6 aromatic rings. The van der Waals surface area contributed by atoms with Crippen LogP contribution in [0.3, 0.4) is 0 Å². The number of anilines is 6. The van der Waals surface area contributed by atoms with Crippen molar-refractivity contribution in [3.8, 4) is 11.1 Å². The van der Waals surface area contributed by atoms with Crippen LogP contribution < -0.4 is 9.80 Å². The van der Waals surface area contributed by atoms with Gasteiger partial charge in [0.05, 0.1) is 74.4 Å². The predicted molar refractivity (Wildman–Crippen MR) is 332 cm³/mol. The van der Waals surface area contributed by atoms with Gasteiger partial charge in [0.2, 0.25) is 0 Å². The lowest BCUT2D eigenvalue weighted by atomic mass is 10.0. The number of esters is 8. The molecule has 18 heteroatoms. The molecule has 0 radical (unpaired) electrons. The Bertz CT molecular complexity index is 3310. The maximum absolute atomic E-state index is 13.0. The molecule has 6 aromatic carbocycles. The molecule has 0 N–H and O–H groups in total. The van der Waals surface area contributed by atoms with Crippen LogP contribution in [0.5, 0.6) is 0 Å². The highest BCUT2D eigenvalue weighted by Gasteiger charge is 2.21. The van der Waals surface area contributed by atoms with E-state index in [1.807, 2.05) is 157 Å². The van der Waals surface area contributed by atoms with Crippen molar-refractivity contribution in [2.75, 3.05) is 62.7 Å². The van der Waals surface area contributed by atoms with Crippen LogP contribution in [0, 0.1) is 13.8 Å². The third kappa shape index (κ3) is 19.3. The lowest BCUT2D eigenvalue weighted by molar-refractivity contribution is -0.145. The summed E-state index contributed by atoms with van der Waals surface area (Å²) in [5.41, 5.74) is 10.8. The van der Waals surface area contributed by atoms with E-state index in [0.29, 0.717) is 22.3 Å². The quantitative estimate of drug-likeness (QED) is 0.0224. The Balaban J connectivity index is 1.28. The third-order valence-electron chi connectivity index (χ3n) is 13.4. The van der Waals surface area contributed by atoms with Gasteiger partial charge in [-0.3, -0.25) is 19.2 Å². The molecule has 0 atom stereocenters. The van der Waals surface area contributed by atoms with Crippen molar-refractivity contribution < 1.29 is 76.3 Å². The first-order valence-corrected chi connectivity index (χ1v) is 28.4. The lowest BCUT2D eigenvalue weighted by Gasteiger charge is -2.27. The molecule has 0 aromatic heterocycles. The average Bonchev–Trinajstić information content (AvgIpc) is 1.52. The Labute approximate surface area is 512 Å². The van der Waals surface area contributed by atoms with Crippen molar-refractivity contribution in [2.24, 2.45) is 0 Å². The zero-order valence-electron chi connectivity index (χ0n) is 50.4. The molecule has 0 heterocycles. The fourth-order valence-corrected chi connectivity index (χ4v) is 8.75. The Morgan fingerprint density at radius 1 is 0.318 bits per heavy atom. The van der Waals surface area contributed by atoms with Crippen molar-refractivity contribution in [1.82, 2.24) is 0 Å². The molecule has 18 nitrogen and oxygen atoms in total. The van der Waals surface area contributed by atoms with E-state index in [1.54, 1.807) is 27.7 Å². The van der Waals surface area contributed by atoms with Gasteiger partial charge in [0.15, 0.2) is 0 Å². The SMILES string of the molecule is C=C(COC(=O)Cc1ccc(N(c2ccc(-c3ccc(N(c4ccc(CC(=O)OCC(=C)C(=O)OCC)cc4)c4ccc(CC(=O)OCC(=C)C(=O)OCC)c(C)c4)cc3)cc2)c2ccc(CC(=O)OCC(=C)C(=O)OCC)c(C)c2)cc1)C(=O)OCC. The molecule has 0 aliphatic carbocycles. The Morgan fingerprint density at radius 2 is 0.557 bits per heavy atom.